The van der Waals surface area contributed by atoms with Gasteiger partial charge in [0.2, 0.25) is 11.8 Å². The van der Waals surface area contributed by atoms with Gasteiger partial charge in [0.25, 0.3) is 0 Å². The van der Waals surface area contributed by atoms with E-state index in [0.717, 1.165) is 61.2 Å². The number of anilines is 1. The van der Waals surface area contributed by atoms with E-state index in [0.29, 0.717) is 18.4 Å². The van der Waals surface area contributed by atoms with Crippen LogP contribution in [0.5, 0.6) is 0 Å². The van der Waals surface area contributed by atoms with Crippen LogP contribution in [0.4, 0.5) is 5.69 Å². The maximum Gasteiger partial charge on any atom is 0.238 e. The molecule has 1 N–H and O–H groups in total. The second kappa shape index (κ2) is 8.24. The summed E-state index contributed by atoms with van der Waals surface area (Å²) in [5.41, 5.74) is 3.10. The average molecular weight is 384 g/mol. The van der Waals surface area contributed by atoms with Crippen LogP contribution < -0.4 is 5.32 Å². The lowest BCUT2D eigenvalue weighted by molar-refractivity contribution is -0.134. The Bertz CT molecular complexity index is 719. The zero-order chi connectivity index (χ0) is 19.7. The number of piperazine rings is 1. The van der Waals surface area contributed by atoms with Crippen molar-refractivity contribution in [2.45, 2.75) is 46.0 Å². The monoisotopic (exact) mass is 383 g/mol. The molecule has 3 unspecified atom stereocenters. The molecule has 0 radical (unpaired) electrons. The molecule has 2 saturated carbocycles. The third kappa shape index (κ3) is 4.24. The highest BCUT2D eigenvalue weighted by atomic mass is 16.2. The number of amides is 2. The van der Waals surface area contributed by atoms with Gasteiger partial charge in [-0.3, -0.25) is 14.5 Å². The smallest absolute Gasteiger partial charge is 0.238 e. The largest absolute Gasteiger partial charge is 0.340 e. The van der Waals surface area contributed by atoms with Crippen LogP contribution in [-0.2, 0) is 9.59 Å². The minimum atomic E-state index is 0.0270. The first-order valence-electron chi connectivity index (χ1n) is 10.9. The van der Waals surface area contributed by atoms with Crippen LogP contribution in [0.3, 0.4) is 0 Å². The standard InChI is InChI=1S/C23H33N3O2/c1-16-4-3-5-17(2)23(16)24-21(27)15-25-8-10-26(11-9-25)22(28)14-20-13-18-6-7-19(20)12-18/h3-5,18-20H,6-15H2,1-2H3,(H,24,27). The molecule has 28 heavy (non-hydrogen) atoms. The number of carbonyl (C=O) groups excluding carboxylic acids is 2. The Kier molecular flexibility index (Phi) is 5.72. The van der Waals surface area contributed by atoms with Gasteiger partial charge < -0.3 is 10.2 Å². The molecule has 0 aromatic heterocycles. The molecular weight excluding hydrogens is 350 g/mol. The third-order valence-electron chi connectivity index (χ3n) is 7.16. The fraction of sp³-hybridized carbons (Fsp3) is 0.652. The van der Waals surface area contributed by atoms with Crippen LogP contribution in [0, 0.1) is 31.6 Å². The highest BCUT2D eigenvalue weighted by molar-refractivity contribution is 5.93. The summed E-state index contributed by atoms with van der Waals surface area (Å²) in [7, 11) is 0. The summed E-state index contributed by atoms with van der Waals surface area (Å²) in [6.07, 6.45) is 6.11. The van der Waals surface area contributed by atoms with E-state index in [1.54, 1.807) is 0 Å². The summed E-state index contributed by atoms with van der Waals surface area (Å²) in [6, 6.07) is 6.04. The topological polar surface area (TPSA) is 52.7 Å². The number of nitrogens with one attached hydrogen (secondary N) is 1. The number of aryl methyl sites for hydroxylation is 2. The molecule has 0 spiro atoms. The van der Waals surface area contributed by atoms with Crippen LogP contribution in [0.15, 0.2) is 18.2 Å². The zero-order valence-electron chi connectivity index (χ0n) is 17.2. The molecule has 1 aliphatic heterocycles. The number of para-hydroxylation sites is 1. The second-order valence-corrected chi connectivity index (χ2v) is 9.11. The Morgan fingerprint density at radius 1 is 1.04 bits per heavy atom. The van der Waals surface area contributed by atoms with Gasteiger partial charge in [0, 0.05) is 38.3 Å². The van der Waals surface area contributed by atoms with E-state index >= 15 is 0 Å². The van der Waals surface area contributed by atoms with Gasteiger partial charge in [0.05, 0.1) is 6.54 Å². The first kappa shape index (κ1) is 19.4. The molecule has 2 amide bonds. The van der Waals surface area contributed by atoms with Crippen LogP contribution in [0.25, 0.3) is 0 Å². The SMILES string of the molecule is Cc1cccc(C)c1NC(=O)CN1CCN(C(=O)CC2CC3CCC2C3)CC1. The van der Waals surface area contributed by atoms with Gasteiger partial charge in [-0.15, -0.1) is 0 Å². The molecule has 1 saturated heterocycles. The Balaban J connectivity index is 1.22. The summed E-state index contributed by atoms with van der Waals surface area (Å²) in [5.74, 6) is 2.70. The quantitative estimate of drug-likeness (QED) is 0.849. The zero-order valence-corrected chi connectivity index (χ0v) is 17.2. The molecule has 3 atom stereocenters. The fourth-order valence-electron chi connectivity index (χ4n) is 5.53. The normalized spacial score (nSPS) is 27.2. The number of nitrogens with zero attached hydrogens (tertiary/aromatic N) is 2. The van der Waals surface area contributed by atoms with Gasteiger partial charge in [-0.2, -0.15) is 0 Å². The number of fused-ring (bicyclic) bond motifs is 2. The molecule has 2 aliphatic carbocycles. The van der Waals surface area contributed by atoms with Crippen LogP contribution in [0.2, 0.25) is 0 Å². The van der Waals surface area contributed by atoms with E-state index in [-0.39, 0.29) is 5.91 Å². The first-order valence-corrected chi connectivity index (χ1v) is 10.9. The maximum atomic E-state index is 12.7. The maximum absolute atomic E-state index is 12.7. The summed E-state index contributed by atoms with van der Waals surface area (Å²) in [5, 5.41) is 3.06. The molecule has 1 aromatic rings. The number of carbonyl (C=O) groups is 2. The van der Waals surface area contributed by atoms with E-state index in [9.17, 15) is 9.59 Å². The lowest BCUT2D eigenvalue weighted by atomic mass is 9.86. The van der Waals surface area contributed by atoms with E-state index in [4.69, 9.17) is 0 Å². The van der Waals surface area contributed by atoms with Crippen molar-refractivity contribution in [2.75, 3.05) is 38.0 Å². The molecule has 3 aliphatic rings. The van der Waals surface area contributed by atoms with Crippen molar-refractivity contribution in [1.82, 2.24) is 9.80 Å². The van der Waals surface area contributed by atoms with Crippen molar-refractivity contribution in [3.63, 3.8) is 0 Å². The molecule has 1 heterocycles. The summed E-state index contributed by atoms with van der Waals surface area (Å²) < 4.78 is 0. The number of hydrogen-bond acceptors (Lipinski definition) is 3. The Morgan fingerprint density at radius 2 is 1.75 bits per heavy atom. The number of hydrogen-bond donors (Lipinski definition) is 1. The molecule has 5 heteroatoms. The van der Waals surface area contributed by atoms with Gasteiger partial charge in [-0.05, 0) is 62.0 Å². The summed E-state index contributed by atoms with van der Waals surface area (Å²) >= 11 is 0. The van der Waals surface area contributed by atoms with Gasteiger partial charge in [-0.1, -0.05) is 24.6 Å². The Labute approximate surface area is 168 Å². The van der Waals surface area contributed by atoms with Crippen molar-refractivity contribution >= 4 is 17.5 Å². The van der Waals surface area contributed by atoms with Gasteiger partial charge in [0.1, 0.15) is 0 Å². The van der Waals surface area contributed by atoms with Crippen molar-refractivity contribution < 1.29 is 9.59 Å². The number of rotatable bonds is 5. The molecule has 5 nitrogen and oxygen atoms in total. The summed E-state index contributed by atoms with van der Waals surface area (Å²) in [6.45, 7) is 7.48. The van der Waals surface area contributed by atoms with Crippen LogP contribution >= 0.6 is 0 Å². The van der Waals surface area contributed by atoms with Crippen molar-refractivity contribution in [1.29, 1.82) is 0 Å². The third-order valence-corrected chi connectivity index (χ3v) is 7.16. The predicted octanol–water partition coefficient (Wildman–Crippen LogP) is 3.21. The molecule has 1 aromatic carbocycles. The molecule has 2 bridgehead atoms. The van der Waals surface area contributed by atoms with Crippen LogP contribution in [0.1, 0.15) is 43.2 Å². The van der Waals surface area contributed by atoms with Crippen molar-refractivity contribution in [2.24, 2.45) is 17.8 Å². The van der Waals surface area contributed by atoms with E-state index in [1.807, 2.05) is 36.9 Å². The average Bonchev–Trinajstić information content (AvgIpc) is 3.28. The van der Waals surface area contributed by atoms with Crippen LogP contribution in [-0.4, -0.2) is 54.3 Å². The summed E-state index contributed by atoms with van der Waals surface area (Å²) in [4.78, 5) is 29.4. The molecule has 152 valence electrons. The van der Waals surface area contributed by atoms with Gasteiger partial charge in [0.15, 0.2) is 0 Å². The Morgan fingerprint density at radius 3 is 2.36 bits per heavy atom. The highest BCUT2D eigenvalue weighted by Crippen LogP contribution is 2.49. The second-order valence-electron chi connectivity index (χ2n) is 9.11. The number of benzene rings is 1. The predicted molar refractivity (Wildman–Crippen MR) is 111 cm³/mol. The van der Waals surface area contributed by atoms with E-state index in [1.165, 1.54) is 25.7 Å². The highest BCUT2D eigenvalue weighted by Gasteiger charge is 2.40. The molecule has 3 fully saturated rings. The first-order chi connectivity index (χ1) is 13.5. The molecule has 4 rings (SSSR count). The van der Waals surface area contributed by atoms with Gasteiger partial charge >= 0.3 is 0 Å². The van der Waals surface area contributed by atoms with Crippen molar-refractivity contribution in [3.05, 3.63) is 29.3 Å². The van der Waals surface area contributed by atoms with Gasteiger partial charge in [-0.25, -0.2) is 0 Å². The minimum Gasteiger partial charge on any atom is -0.340 e. The lowest BCUT2D eigenvalue weighted by Gasteiger charge is -2.35. The van der Waals surface area contributed by atoms with E-state index in [2.05, 4.69) is 10.2 Å². The molecular formula is C23H33N3O2. The Hall–Kier alpha value is -1.88. The minimum absolute atomic E-state index is 0.0270. The van der Waals surface area contributed by atoms with E-state index < -0.39 is 0 Å². The fourth-order valence-corrected chi connectivity index (χ4v) is 5.53. The van der Waals surface area contributed by atoms with Crippen molar-refractivity contribution in [3.8, 4) is 0 Å². The lowest BCUT2D eigenvalue weighted by Crippen LogP contribution is -2.50.